The van der Waals surface area contributed by atoms with Gasteiger partial charge in [-0.1, -0.05) is 23.5 Å². The first-order valence-corrected chi connectivity index (χ1v) is 9.97. The highest BCUT2D eigenvalue weighted by Crippen LogP contribution is 2.33. The fourth-order valence-corrected chi connectivity index (χ4v) is 4.91. The predicted octanol–water partition coefficient (Wildman–Crippen LogP) is 3.71. The van der Waals surface area contributed by atoms with E-state index in [9.17, 15) is 4.79 Å². The van der Waals surface area contributed by atoms with E-state index in [0.29, 0.717) is 17.3 Å². The van der Waals surface area contributed by atoms with Crippen LogP contribution in [0.1, 0.15) is 18.9 Å². The Morgan fingerprint density at radius 1 is 1.21 bits per heavy atom. The minimum absolute atomic E-state index is 0. The molecule has 2 aliphatic heterocycles. The van der Waals surface area contributed by atoms with Crippen molar-refractivity contribution >= 4 is 40.0 Å². The van der Waals surface area contributed by atoms with Crippen LogP contribution >= 0.6 is 23.7 Å². The summed E-state index contributed by atoms with van der Waals surface area (Å²) in [5, 5.41) is 0.609. The Hall–Kier alpha value is -2.22. The summed E-state index contributed by atoms with van der Waals surface area (Å²) < 4.78 is 6.91. The Labute approximate surface area is 173 Å². The number of carbonyl (C=O) groups excluding carboxylic acids is 1. The number of halogens is 1. The zero-order chi connectivity index (χ0) is 18.4. The number of rotatable bonds is 4. The number of thiazole rings is 1. The molecule has 6 nitrogen and oxygen atoms in total. The van der Waals surface area contributed by atoms with E-state index < -0.39 is 0 Å². The minimum Gasteiger partial charge on any atom is -0.431 e. The lowest BCUT2D eigenvalue weighted by atomic mass is 10.2. The van der Waals surface area contributed by atoms with Gasteiger partial charge in [0.2, 0.25) is 5.91 Å². The second-order valence-electron chi connectivity index (χ2n) is 7.20. The molecular weight excluding hydrogens is 396 g/mol. The predicted molar refractivity (Wildman–Crippen MR) is 111 cm³/mol. The van der Waals surface area contributed by atoms with Gasteiger partial charge in [-0.3, -0.25) is 9.69 Å². The van der Waals surface area contributed by atoms with Crippen molar-refractivity contribution in [3.63, 3.8) is 0 Å². The molecule has 3 aromatic rings. The molecule has 0 N–H and O–H groups in total. The molecule has 2 bridgehead atoms. The maximum Gasteiger partial charge on any atom is 0.281 e. The van der Waals surface area contributed by atoms with E-state index in [0.717, 1.165) is 42.2 Å². The fraction of sp³-hybridized carbons (Fsp3) is 0.350. The molecule has 1 amide bonds. The van der Waals surface area contributed by atoms with Gasteiger partial charge < -0.3 is 9.64 Å². The second-order valence-corrected chi connectivity index (χ2v) is 8.19. The molecule has 0 aliphatic carbocycles. The number of pyridine rings is 1. The number of hydrogen-bond donors (Lipinski definition) is 0. The zero-order valence-electron chi connectivity index (χ0n) is 15.4. The summed E-state index contributed by atoms with van der Waals surface area (Å²) in [6.07, 6.45) is 2.84. The summed E-state index contributed by atoms with van der Waals surface area (Å²) in [6.45, 7) is 4.43. The van der Waals surface area contributed by atoms with Gasteiger partial charge in [-0.25, -0.2) is 4.98 Å². The molecule has 2 aliphatic rings. The number of amides is 1. The SMILES string of the molecule is CC(=O)N1C[C@@H]2C[C@H]1CN2Cc1ccc(Oc2nc3ncccc3s2)cc1.Cl. The van der Waals surface area contributed by atoms with Gasteiger partial charge in [0.25, 0.3) is 5.19 Å². The summed E-state index contributed by atoms with van der Waals surface area (Å²) in [4.78, 5) is 24.8. The van der Waals surface area contributed by atoms with E-state index >= 15 is 0 Å². The van der Waals surface area contributed by atoms with Crippen molar-refractivity contribution in [3.8, 4) is 10.9 Å². The van der Waals surface area contributed by atoms with Gasteiger partial charge in [0, 0.05) is 44.8 Å². The number of hydrogen-bond acceptors (Lipinski definition) is 6. The van der Waals surface area contributed by atoms with Crippen LogP contribution in [0, 0.1) is 0 Å². The van der Waals surface area contributed by atoms with Crippen LogP contribution in [0.15, 0.2) is 42.6 Å². The third-order valence-electron chi connectivity index (χ3n) is 5.42. The molecular formula is C20H21ClN4O2S. The summed E-state index contributed by atoms with van der Waals surface area (Å²) >= 11 is 1.50. The van der Waals surface area contributed by atoms with Crippen LogP contribution in [-0.2, 0) is 11.3 Å². The maximum absolute atomic E-state index is 11.6. The number of likely N-dealkylation sites (tertiary alicyclic amines) is 2. The van der Waals surface area contributed by atoms with E-state index in [4.69, 9.17) is 4.74 Å². The molecule has 4 heterocycles. The Bertz CT molecular complexity index is 960. The Balaban J connectivity index is 0.00000192. The number of benzene rings is 1. The zero-order valence-corrected chi connectivity index (χ0v) is 17.1. The molecule has 1 aromatic carbocycles. The van der Waals surface area contributed by atoms with Gasteiger partial charge >= 0.3 is 0 Å². The van der Waals surface area contributed by atoms with Gasteiger partial charge in [-0.15, -0.1) is 12.4 Å². The maximum atomic E-state index is 11.6. The highest BCUT2D eigenvalue weighted by atomic mass is 35.5. The van der Waals surface area contributed by atoms with Crippen LogP contribution in [0.5, 0.6) is 10.9 Å². The average Bonchev–Trinajstić information content (AvgIpc) is 3.36. The Morgan fingerprint density at radius 2 is 2.04 bits per heavy atom. The summed E-state index contributed by atoms with van der Waals surface area (Å²) in [5.41, 5.74) is 1.98. The number of ether oxygens (including phenoxy) is 1. The van der Waals surface area contributed by atoms with E-state index in [-0.39, 0.29) is 18.3 Å². The number of aromatic nitrogens is 2. The lowest BCUT2D eigenvalue weighted by Gasteiger charge is -2.33. The quantitative estimate of drug-likeness (QED) is 0.648. The number of carbonyl (C=O) groups is 1. The molecule has 0 spiro atoms. The van der Waals surface area contributed by atoms with Gasteiger partial charge in [-0.05, 0) is 36.2 Å². The van der Waals surface area contributed by atoms with Crippen molar-refractivity contribution < 1.29 is 9.53 Å². The first-order valence-electron chi connectivity index (χ1n) is 9.15. The van der Waals surface area contributed by atoms with Crippen molar-refractivity contribution in [3.05, 3.63) is 48.2 Å². The highest BCUT2D eigenvalue weighted by Gasteiger charge is 2.43. The van der Waals surface area contributed by atoms with E-state index in [1.165, 1.54) is 16.9 Å². The molecule has 146 valence electrons. The molecule has 2 fully saturated rings. The van der Waals surface area contributed by atoms with Crippen LogP contribution in [0.3, 0.4) is 0 Å². The van der Waals surface area contributed by atoms with E-state index in [1.807, 2.05) is 29.2 Å². The monoisotopic (exact) mass is 416 g/mol. The molecule has 0 unspecified atom stereocenters. The molecule has 2 saturated heterocycles. The highest BCUT2D eigenvalue weighted by molar-refractivity contribution is 7.20. The van der Waals surface area contributed by atoms with Crippen LogP contribution in [0.4, 0.5) is 0 Å². The smallest absolute Gasteiger partial charge is 0.281 e. The molecule has 5 rings (SSSR count). The number of fused-ring (bicyclic) bond motifs is 3. The van der Waals surface area contributed by atoms with Crippen molar-refractivity contribution in [2.24, 2.45) is 0 Å². The summed E-state index contributed by atoms with van der Waals surface area (Å²) in [7, 11) is 0. The van der Waals surface area contributed by atoms with Crippen LogP contribution in [0.2, 0.25) is 0 Å². The lowest BCUT2D eigenvalue weighted by molar-refractivity contribution is -0.131. The van der Waals surface area contributed by atoms with E-state index in [1.54, 1.807) is 13.1 Å². The molecule has 2 atom stereocenters. The fourth-order valence-electron chi connectivity index (χ4n) is 4.12. The van der Waals surface area contributed by atoms with Crippen LogP contribution < -0.4 is 4.74 Å². The van der Waals surface area contributed by atoms with Crippen molar-refractivity contribution in [2.75, 3.05) is 13.1 Å². The van der Waals surface area contributed by atoms with Crippen LogP contribution in [0.25, 0.3) is 10.3 Å². The van der Waals surface area contributed by atoms with Crippen molar-refractivity contribution in [1.82, 2.24) is 19.8 Å². The number of nitrogens with zero attached hydrogens (tertiary/aromatic N) is 4. The average molecular weight is 417 g/mol. The first-order chi connectivity index (χ1) is 13.2. The Kier molecular flexibility index (Phi) is 5.23. The van der Waals surface area contributed by atoms with Gasteiger partial charge in [0.15, 0.2) is 5.65 Å². The largest absolute Gasteiger partial charge is 0.431 e. The molecule has 8 heteroatoms. The summed E-state index contributed by atoms with van der Waals surface area (Å²) in [5.74, 6) is 0.984. The van der Waals surface area contributed by atoms with Crippen LogP contribution in [-0.4, -0.2) is 50.8 Å². The summed E-state index contributed by atoms with van der Waals surface area (Å²) in [6, 6.07) is 13.0. The van der Waals surface area contributed by atoms with E-state index in [2.05, 4.69) is 27.0 Å². The molecule has 0 saturated carbocycles. The third-order valence-corrected chi connectivity index (χ3v) is 6.31. The standard InChI is InChI=1S/C20H20N4O2S.ClH/c1-13(25)24-12-15-9-16(24)11-23(15)10-14-4-6-17(7-5-14)26-20-22-19-18(27-20)3-2-8-21-19;/h2-8,15-16H,9-12H2,1H3;1H/t15-,16-;/m0./s1. The third kappa shape index (κ3) is 3.57. The minimum atomic E-state index is 0. The first kappa shape index (κ1) is 19.1. The molecule has 0 radical (unpaired) electrons. The second kappa shape index (κ2) is 7.66. The lowest BCUT2D eigenvalue weighted by Crippen LogP contribution is -2.47. The van der Waals surface area contributed by atoms with Gasteiger partial charge in [0.1, 0.15) is 5.75 Å². The topological polar surface area (TPSA) is 58.6 Å². The van der Waals surface area contributed by atoms with Crippen molar-refractivity contribution in [1.29, 1.82) is 0 Å². The number of piperazine rings is 1. The molecule has 28 heavy (non-hydrogen) atoms. The molecule has 2 aromatic heterocycles. The van der Waals surface area contributed by atoms with Crippen molar-refractivity contribution in [2.45, 2.75) is 32.0 Å². The van der Waals surface area contributed by atoms with Gasteiger partial charge in [0.05, 0.1) is 4.70 Å². The Morgan fingerprint density at radius 3 is 2.71 bits per heavy atom. The normalized spacial score (nSPS) is 21.1. The van der Waals surface area contributed by atoms with Gasteiger partial charge in [-0.2, -0.15) is 4.98 Å².